The Kier molecular flexibility index (Phi) is 6.69. The van der Waals surface area contributed by atoms with Crippen LogP contribution >= 0.6 is 0 Å². The first-order valence-electron chi connectivity index (χ1n) is 10.9. The van der Waals surface area contributed by atoms with Crippen LogP contribution in [0.15, 0.2) is 72.8 Å². The van der Waals surface area contributed by atoms with Crippen molar-refractivity contribution >= 4 is 29.5 Å². The second-order valence-electron chi connectivity index (χ2n) is 8.11. The number of hydrogen-bond donors (Lipinski definition) is 2. The molecule has 9 nitrogen and oxygen atoms in total. The van der Waals surface area contributed by atoms with E-state index in [4.69, 9.17) is 9.47 Å². The number of benzene rings is 3. The predicted octanol–water partition coefficient (Wildman–Crippen LogP) is 3.46. The van der Waals surface area contributed by atoms with Crippen molar-refractivity contribution in [1.29, 1.82) is 0 Å². The first-order valence-corrected chi connectivity index (χ1v) is 10.9. The van der Waals surface area contributed by atoms with Crippen LogP contribution in [0, 0.1) is 5.82 Å². The van der Waals surface area contributed by atoms with Gasteiger partial charge in [-0.3, -0.25) is 14.5 Å². The number of carbonyl (C=O) groups excluding carboxylic acids is 4. The number of esters is 1. The molecule has 1 aliphatic heterocycles. The van der Waals surface area contributed by atoms with E-state index in [0.717, 1.165) is 4.90 Å². The van der Waals surface area contributed by atoms with Crippen LogP contribution in [0.1, 0.15) is 22.8 Å². The van der Waals surface area contributed by atoms with Crippen LogP contribution in [0.3, 0.4) is 0 Å². The number of halogens is 1. The van der Waals surface area contributed by atoms with Crippen molar-refractivity contribution < 1.29 is 33.0 Å². The molecule has 4 amide bonds. The Labute approximate surface area is 205 Å². The number of imide groups is 1. The zero-order valence-electron chi connectivity index (χ0n) is 19.4. The largest absolute Gasteiger partial charge is 0.496 e. The highest BCUT2D eigenvalue weighted by molar-refractivity contribution is 6.09. The minimum Gasteiger partial charge on any atom is -0.496 e. The number of carbonyl (C=O) groups is 4. The number of amides is 4. The maximum Gasteiger partial charge on any atom is 0.331 e. The van der Waals surface area contributed by atoms with Crippen LogP contribution in [0.2, 0.25) is 0 Å². The van der Waals surface area contributed by atoms with Crippen molar-refractivity contribution in [1.82, 2.24) is 10.2 Å². The number of urea groups is 1. The Bertz CT molecular complexity index is 1330. The van der Waals surface area contributed by atoms with Gasteiger partial charge in [0.05, 0.1) is 12.7 Å². The molecule has 1 unspecified atom stereocenters. The molecule has 1 atom stereocenters. The van der Waals surface area contributed by atoms with Crippen LogP contribution in [0.5, 0.6) is 11.5 Å². The molecule has 0 aromatic heterocycles. The number of para-hydroxylation sites is 1. The zero-order chi connectivity index (χ0) is 25.9. The minimum atomic E-state index is -1.44. The van der Waals surface area contributed by atoms with Gasteiger partial charge in [-0.05, 0) is 61.0 Å². The second kappa shape index (κ2) is 9.87. The van der Waals surface area contributed by atoms with Crippen molar-refractivity contribution in [3.05, 3.63) is 89.7 Å². The number of hydrogen-bond acceptors (Lipinski definition) is 6. The van der Waals surface area contributed by atoms with E-state index >= 15 is 0 Å². The van der Waals surface area contributed by atoms with Gasteiger partial charge in [0.15, 0.2) is 0 Å². The molecule has 0 radical (unpaired) electrons. The monoisotopic (exact) mass is 491 g/mol. The van der Waals surface area contributed by atoms with Gasteiger partial charge < -0.3 is 20.1 Å². The summed E-state index contributed by atoms with van der Waals surface area (Å²) in [6, 6.07) is 17.1. The topological polar surface area (TPSA) is 114 Å². The molecular weight excluding hydrogens is 469 g/mol. The lowest BCUT2D eigenvalue weighted by molar-refractivity contribution is -0.140. The normalized spacial score (nSPS) is 16.9. The predicted molar refractivity (Wildman–Crippen MR) is 127 cm³/mol. The summed E-state index contributed by atoms with van der Waals surface area (Å²) in [5.41, 5.74) is -0.248. The molecule has 3 aromatic rings. The fraction of sp³-hybridized carbons (Fsp3) is 0.154. The molecule has 1 saturated heterocycles. The summed E-state index contributed by atoms with van der Waals surface area (Å²) < 4.78 is 23.7. The second-order valence-corrected chi connectivity index (χ2v) is 8.11. The van der Waals surface area contributed by atoms with Crippen molar-refractivity contribution in [3.8, 4) is 11.5 Å². The number of nitrogens with zero attached hydrogens (tertiary/aromatic N) is 1. The Balaban J connectivity index is 1.37. The Morgan fingerprint density at radius 1 is 1.00 bits per heavy atom. The number of anilines is 1. The van der Waals surface area contributed by atoms with Gasteiger partial charge in [-0.1, -0.05) is 24.3 Å². The van der Waals surface area contributed by atoms with Crippen LogP contribution in [-0.4, -0.2) is 42.4 Å². The molecule has 184 valence electrons. The molecule has 1 aliphatic rings. The lowest BCUT2D eigenvalue weighted by atomic mass is 9.92. The van der Waals surface area contributed by atoms with Crippen molar-refractivity contribution in [2.24, 2.45) is 0 Å². The van der Waals surface area contributed by atoms with Crippen molar-refractivity contribution in [2.75, 3.05) is 19.0 Å². The Morgan fingerprint density at radius 2 is 1.67 bits per heavy atom. The summed E-state index contributed by atoms with van der Waals surface area (Å²) >= 11 is 0. The lowest BCUT2D eigenvalue weighted by Gasteiger charge is -2.22. The van der Waals surface area contributed by atoms with Crippen molar-refractivity contribution in [3.63, 3.8) is 0 Å². The summed E-state index contributed by atoms with van der Waals surface area (Å²) in [6.45, 7) is 0.859. The lowest BCUT2D eigenvalue weighted by Crippen LogP contribution is -2.42. The van der Waals surface area contributed by atoms with Crippen LogP contribution in [0.25, 0.3) is 0 Å². The SMILES string of the molecule is COc1ccccc1C(=O)Nc1ccc(OC(=O)CN2C(=O)NC(C)(c3ccc(F)cc3)C2=O)cc1. The van der Waals surface area contributed by atoms with Crippen LogP contribution in [-0.2, 0) is 15.1 Å². The van der Waals surface area contributed by atoms with Gasteiger partial charge in [-0.15, -0.1) is 0 Å². The quantitative estimate of drug-likeness (QED) is 0.297. The van der Waals surface area contributed by atoms with Gasteiger partial charge in [-0.2, -0.15) is 0 Å². The Morgan fingerprint density at radius 3 is 2.33 bits per heavy atom. The smallest absolute Gasteiger partial charge is 0.331 e. The summed E-state index contributed by atoms with van der Waals surface area (Å²) in [5, 5.41) is 5.26. The van der Waals surface area contributed by atoms with E-state index in [2.05, 4.69) is 10.6 Å². The average Bonchev–Trinajstić information content (AvgIpc) is 3.09. The highest BCUT2D eigenvalue weighted by Gasteiger charge is 2.49. The van der Waals surface area contributed by atoms with Gasteiger partial charge in [0.25, 0.3) is 11.8 Å². The van der Waals surface area contributed by atoms with Gasteiger partial charge in [-0.25, -0.2) is 14.0 Å². The molecule has 10 heteroatoms. The number of nitrogens with one attached hydrogen (secondary N) is 2. The first-order chi connectivity index (χ1) is 17.2. The third-order valence-corrected chi connectivity index (χ3v) is 5.68. The fourth-order valence-electron chi connectivity index (χ4n) is 3.75. The molecule has 1 fully saturated rings. The molecule has 2 N–H and O–H groups in total. The Hall–Kier alpha value is -4.73. The maximum atomic E-state index is 13.3. The van der Waals surface area contributed by atoms with Gasteiger partial charge in [0.2, 0.25) is 0 Å². The zero-order valence-corrected chi connectivity index (χ0v) is 19.4. The third-order valence-electron chi connectivity index (χ3n) is 5.68. The molecule has 0 bridgehead atoms. The number of ether oxygens (including phenoxy) is 2. The highest BCUT2D eigenvalue weighted by atomic mass is 19.1. The molecule has 1 heterocycles. The molecule has 0 saturated carbocycles. The standard InChI is InChI=1S/C26H22FN3O6/c1-26(16-7-9-17(27)10-8-16)24(33)30(25(34)29-26)15-22(31)36-19-13-11-18(12-14-19)28-23(32)20-5-3-4-6-21(20)35-2/h3-14H,15H2,1-2H3,(H,28,32)(H,29,34). The maximum absolute atomic E-state index is 13.3. The third kappa shape index (κ3) is 4.88. The fourth-order valence-corrected chi connectivity index (χ4v) is 3.75. The minimum absolute atomic E-state index is 0.156. The summed E-state index contributed by atoms with van der Waals surface area (Å²) in [6.07, 6.45) is 0. The summed E-state index contributed by atoms with van der Waals surface area (Å²) in [4.78, 5) is 51.0. The van der Waals surface area contributed by atoms with E-state index in [0.29, 0.717) is 22.6 Å². The average molecular weight is 491 g/mol. The molecule has 36 heavy (non-hydrogen) atoms. The van der Waals surface area contributed by atoms with Crippen LogP contribution in [0.4, 0.5) is 14.9 Å². The van der Waals surface area contributed by atoms with E-state index in [-0.39, 0.29) is 11.7 Å². The van der Waals surface area contributed by atoms with E-state index < -0.39 is 35.8 Å². The summed E-state index contributed by atoms with van der Waals surface area (Å²) in [5.74, 6) is -1.77. The molecule has 0 aliphatic carbocycles. The molecule has 0 spiro atoms. The molecule has 3 aromatic carbocycles. The first kappa shape index (κ1) is 24.4. The number of rotatable bonds is 7. The van der Waals surface area contributed by atoms with Crippen LogP contribution < -0.4 is 20.1 Å². The van der Waals surface area contributed by atoms with E-state index in [9.17, 15) is 23.6 Å². The van der Waals surface area contributed by atoms with Crippen molar-refractivity contribution in [2.45, 2.75) is 12.5 Å². The van der Waals surface area contributed by atoms with E-state index in [1.54, 1.807) is 24.3 Å². The highest BCUT2D eigenvalue weighted by Crippen LogP contribution is 2.29. The summed E-state index contributed by atoms with van der Waals surface area (Å²) in [7, 11) is 1.47. The molecule has 4 rings (SSSR count). The number of methoxy groups -OCH3 is 1. The van der Waals surface area contributed by atoms with Gasteiger partial charge in [0.1, 0.15) is 29.4 Å². The van der Waals surface area contributed by atoms with Gasteiger partial charge in [0, 0.05) is 5.69 Å². The van der Waals surface area contributed by atoms with E-state index in [1.807, 2.05) is 0 Å². The molecular formula is C26H22FN3O6. The van der Waals surface area contributed by atoms with E-state index in [1.165, 1.54) is 62.6 Å². The van der Waals surface area contributed by atoms with Gasteiger partial charge >= 0.3 is 12.0 Å².